The third-order valence-corrected chi connectivity index (χ3v) is 5.10. The molecule has 0 amide bonds. The van der Waals surface area contributed by atoms with Crippen molar-refractivity contribution in [2.24, 2.45) is 11.1 Å². The molecule has 0 aromatic heterocycles. The lowest BCUT2D eigenvalue weighted by molar-refractivity contribution is 0.343. The molecule has 0 aromatic carbocycles. The first-order valence-electron chi connectivity index (χ1n) is 9.93. The van der Waals surface area contributed by atoms with E-state index in [4.69, 9.17) is 5.73 Å². The zero-order chi connectivity index (χ0) is 16.7. The third kappa shape index (κ3) is 12.3. The number of unbranched alkanes of at least 4 members (excludes halogenated alkanes) is 12. The number of hydrogen-bond acceptors (Lipinski definition) is 1. The summed E-state index contributed by atoms with van der Waals surface area (Å²) in [4.78, 5) is 0. The van der Waals surface area contributed by atoms with Crippen LogP contribution in [0.15, 0.2) is 12.7 Å². The average Bonchev–Trinajstić information content (AvgIpc) is 2.51. The molecule has 132 valence electrons. The molecule has 1 nitrogen and oxygen atoms in total. The molecular weight excluding hydrogens is 266 g/mol. The summed E-state index contributed by atoms with van der Waals surface area (Å²) >= 11 is 0. The monoisotopic (exact) mass is 309 g/mol. The van der Waals surface area contributed by atoms with Crippen molar-refractivity contribution in [3.05, 3.63) is 12.7 Å². The van der Waals surface area contributed by atoms with Crippen molar-refractivity contribution in [2.45, 2.75) is 117 Å². The molecule has 0 saturated heterocycles. The summed E-state index contributed by atoms with van der Waals surface area (Å²) in [6.45, 7) is 10.5. The fourth-order valence-electron chi connectivity index (χ4n) is 2.91. The Morgan fingerprint density at radius 1 is 0.773 bits per heavy atom. The smallest absolute Gasteiger partial charge is 0.0125 e. The van der Waals surface area contributed by atoms with Crippen molar-refractivity contribution in [1.82, 2.24) is 0 Å². The van der Waals surface area contributed by atoms with Crippen molar-refractivity contribution in [3.8, 4) is 0 Å². The summed E-state index contributed by atoms with van der Waals surface area (Å²) in [7, 11) is 0. The van der Waals surface area contributed by atoms with Crippen molar-refractivity contribution >= 4 is 0 Å². The molecule has 0 aliphatic carbocycles. The van der Waals surface area contributed by atoms with Gasteiger partial charge in [0.2, 0.25) is 0 Å². The van der Waals surface area contributed by atoms with Crippen LogP contribution in [-0.4, -0.2) is 6.04 Å². The molecule has 2 N–H and O–H groups in total. The van der Waals surface area contributed by atoms with Crippen molar-refractivity contribution in [1.29, 1.82) is 0 Å². The van der Waals surface area contributed by atoms with E-state index in [1.54, 1.807) is 0 Å². The van der Waals surface area contributed by atoms with Crippen LogP contribution in [0.1, 0.15) is 111 Å². The van der Waals surface area contributed by atoms with Gasteiger partial charge in [-0.05, 0) is 11.8 Å². The average molecular weight is 310 g/mol. The van der Waals surface area contributed by atoms with Crippen LogP contribution in [0, 0.1) is 5.41 Å². The van der Waals surface area contributed by atoms with E-state index < -0.39 is 0 Å². The minimum absolute atomic E-state index is 0.0805. The van der Waals surface area contributed by atoms with Crippen LogP contribution in [0.25, 0.3) is 0 Å². The topological polar surface area (TPSA) is 26.0 Å². The first-order chi connectivity index (χ1) is 10.5. The number of nitrogens with two attached hydrogens (primary N) is 1. The standard InChI is InChI=1S/C21H43N/c1-5-7-8-9-10-11-12-13-14-15-16-17-18-19-20(22)21(3,4)6-2/h6,20H,2,5,7-19,22H2,1,3-4H3. The molecular formula is C21H43N. The summed E-state index contributed by atoms with van der Waals surface area (Å²) in [5.74, 6) is 0. The molecule has 0 aliphatic heterocycles. The van der Waals surface area contributed by atoms with Crippen LogP contribution in [0.2, 0.25) is 0 Å². The maximum atomic E-state index is 6.23. The molecule has 0 bridgehead atoms. The molecule has 0 heterocycles. The normalized spacial score (nSPS) is 13.3. The molecule has 0 aromatic rings. The lowest BCUT2D eigenvalue weighted by Gasteiger charge is -2.28. The van der Waals surface area contributed by atoms with Gasteiger partial charge in [-0.1, -0.05) is 110 Å². The van der Waals surface area contributed by atoms with Crippen molar-refractivity contribution in [3.63, 3.8) is 0 Å². The molecule has 0 fully saturated rings. The highest BCUT2D eigenvalue weighted by molar-refractivity contribution is 4.95. The first kappa shape index (κ1) is 21.7. The van der Waals surface area contributed by atoms with E-state index in [0.29, 0.717) is 0 Å². The Hall–Kier alpha value is -0.300. The van der Waals surface area contributed by atoms with Gasteiger partial charge >= 0.3 is 0 Å². The fourth-order valence-corrected chi connectivity index (χ4v) is 2.91. The fraction of sp³-hybridized carbons (Fsp3) is 0.905. The Balaban J connectivity index is 3.22. The van der Waals surface area contributed by atoms with E-state index in [-0.39, 0.29) is 11.5 Å². The molecule has 1 heteroatoms. The van der Waals surface area contributed by atoms with E-state index in [1.807, 2.05) is 6.08 Å². The van der Waals surface area contributed by atoms with E-state index in [2.05, 4.69) is 27.4 Å². The SMILES string of the molecule is C=CC(C)(C)C(N)CCCCCCCCCCCCCCC. The maximum absolute atomic E-state index is 6.23. The van der Waals surface area contributed by atoms with Crippen LogP contribution < -0.4 is 5.73 Å². The van der Waals surface area contributed by atoms with Crippen LogP contribution in [-0.2, 0) is 0 Å². The first-order valence-corrected chi connectivity index (χ1v) is 9.93. The number of rotatable bonds is 16. The highest BCUT2D eigenvalue weighted by Crippen LogP contribution is 2.24. The van der Waals surface area contributed by atoms with Gasteiger partial charge < -0.3 is 5.73 Å². The molecule has 0 saturated carbocycles. The molecule has 0 rings (SSSR count). The van der Waals surface area contributed by atoms with E-state index >= 15 is 0 Å². The van der Waals surface area contributed by atoms with Gasteiger partial charge in [-0.25, -0.2) is 0 Å². The Morgan fingerprint density at radius 3 is 1.50 bits per heavy atom. The second-order valence-corrected chi connectivity index (χ2v) is 7.66. The molecule has 1 atom stereocenters. The lowest BCUT2D eigenvalue weighted by Crippen LogP contribution is -2.35. The largest absolute Gasteiger partial charge is 0.327 e. The summed E-state index contributed by atoms with van der Waals surface area (Å²) in [6, 6.07) is 0.262. The Kier molecular flexibility index (Phi) is 14.1. The highest BCUT2D eigenvalue weighted by Gasteiger charge is 2.21. The number of hydrogen-bond donors (Lipinski definition) is 1. The minimum Gasteiger partial charge on any atom is -0.327 e. The Labute approximate surface area is 141 Å². The zero-order valence-corrected chi connectivity index (χ0v) is 15.8. The summed E-state index contributed by atoms with van der Waals surface area (Å²) in [5, 5.41) is 0. The molecule has 0 radical (unpaired) electrons. The van der Waals surface area contributed by atoms with Gasteiger partial charge in [0.15, 0.2) is 0 Å². The predicted octanol–water partition coefficient (Wildman–Crippen LogP) is 7.01. The van der Waals surface area contributed by atoms with E-state index in [9.17, 15) is 0 Å². The zero-order valence-electron chi connectivity index (χ0n) is 15.8. The minimum atomic E-state index is 0.0805. The van der Waals surface area contributed by atoms with Gasteiger partial charge in [0.05, 0.1) is 0 Å². The Bertz CT molecular complexity index is 244. The summed E-state index contributed by atoms with van der Waals surface area (Å²) in [5.41, 5.74) is 6.31. The second-order valence-electron chi connectivity index (χ2n) is 7.66. The van der Waals surface area contributed by atoms with E-state index in [0.717, 1.165) is 6.42 Å². The van der Waals surface area contributed by atoms with Crippen LogP contribution in [0.4, 0.5) is 0 Å². The van der Waals surface area contributed by atoms with Crippen molar-refractivity contribution in [2.75, 3.05) is 0 Å². The van der Waals surface area contributed by atoms with E-state index in [1.165, 1.54) is 83.5 Å². The highest BCUT2D eigenvalue weighted by atomic mass is 14.7. The summed E-state index contributed by atoms with van der Waals surface area (Å²) in [6.07, 6.45) is 21.5. The maximum Gasteiger partial charge on any atom is 0.0125 e. The lowest BCUT2D eigenvalue weighted by atomic mass is 9.82. The van der Waals surface area contributed by atoms with Gasteiger partial charge in [0, 0.05) is 6.04 Å². The predicted molar refractivity (Wildman–Crippen MR) is 102 cm³/mol. The molecule has 1 unspecified atom stereocenters. The molecule has 0 spiro atoms. The van der Waals surface area contributed by atoms with Gasteiger partial charge in [-0.3, -0.25) is 0 Å². The van der Waals surface area contributed by atoms with Crippen LogP contribution >= 0.6 is 0 Å². The van der Waals surface area contributed by atoms with Gasteiger partial charge in [0.25, 0.3) is 0 Å². The van der Waals surface area contributed by atoms with Gasteiger partial charge in [0.1, 0.15) is 0 Å². The van der Waals surface area contributed by atoms with Gasteiger partial charge in [-0.15, -0.1) is 6.58 Å². The molecule has 22 heavy (non-hydrogen) atoms. The quantitative estimate of drug-likeness (QED) is 0.241. The second kappa shape index (κ2) is 14.3. The van der Waals surface area contributed by atoms with Crippen molar-refractivity contribution < 1.29 is 0 Å². The van der Waals surface area contributed by atoms with Crippen LogP contribution in [0.5, 0.6) is 0 Å². The Morgan fingerprint density at radius 2 is 1.14 bits per heavy atom. The third-order valence-electron chi connectivity index (χ3n) is 5.10. The summed E-state index contributed by atoms with van der Waals surface area (Å²) < 4.78 is 0. The van der Waals surface area contributed by atoms with Crippen LogP contribution in [0.3, 0.4) is 0 Å². The molecule has 0 aliphatic rings. The van der Waals surface area contributed by atoms with Gasteiger partial charge in [-0.2, -0.15) is 0 Å².